The number of piperidine rings is 1. The number of nitrogens with one attached hydrogen (secondary N) is 2. The number of rotatable bonds is 6. The van der Waals surface area contributed by atoms with Gasteiger partial charge in [0.1, 0.15) is 23.7 Å². The number of halogens is 1. The molecule has 1 aliphatic heterocycles. The van der Waals surface area contributed by atoms with Crippen molar-refractivity contribution in [3.05, 3.63) is 66.0 Å². The lowest BCUT2D eigenvalue weighted by atomic mass is 10.1. The highest BCUT2D eigenvalue weighted by atomic mass is 19.1. The second-order valence-electron chi connectivity index (χ2n) is 8.37. The number of nitrogens with two attached hydrogens (primary N) is 1. The van der Waals surface area contributed by atoms with Crippen LogP contribution in [0.15, 0.2) is 48.9 Å². The number of aromatic nitrogens is 5. The number of carbonyl (C=O) groups excluding carboxylic acids is 1. The molecule has 9 nitrogen and oxygen atoms in total. The van der Waals surface area contributed by atoms with Crippen LogP contribution < -0.4 is 16.4 Å². The summed E-state index contributed by atoms with van der Waals surface area (Å²) in [4.78, 5) is 24.8. The van der Waals surface area contributed by atoms with Gasteiger partial charge in [0.25, 0.3) is 0 Å². The van der Waals surface area contributed by atoms with Crippen LogP contribution in [0.1, 0.15) is 30.1 Å². The van der Waals surface area contributed by atoms with Gasteiger partial charge in [-0.2, -0.15) is 5.10 Å². The minimum Gasteiger partial charge on any atom is -0.383 e. The van der Waals surface area contributed by atoms with E-state index in [1.807, 2.05) is 28.9 Å². The molecule has 4 aromatic rings. The monoisotopic (exact) mass is 460 g/mol. The summed E-state index contributed by atoms with van der Waals surface area (Å²) in [6, 6.07) is 10.8. The summed E-state index contributed by atoms with van der Waals surface area (Å²) in [6.45, 7) is 2.22. The van der Waals surface area contributed by atoms with Gasteiger partial charge >= 0.3 is 0 Å². The van der Waals surface area contributed by atoms with Gasteiger partial charge in [-0.25, -0.2) is 19.0 Å². The zero-order valence-electron chi connectivity index (χ0n) is 18.5. The first kappa shape index (κ1) is 21.9. The van der Waals surface area contributed by atoms with Crippen LogP contribution in [0.4, 0.5) is 10.2 Å². The minimum absolute atomic E-state index is 0.0943. The predicted molar refractivity (Wildman–Crippen MR) is 126 cm³/mol. The number of fused-ring (bicyclic) bond motifs is 1. The van der Waals surface area contributed by atoms with E-state index in [1.54, 1.807) is 0 Å². The predicted octanol–water partition coefficient (Wildman–Crippen LogP) is 2.39. The Hall–Kier alpha value is -3.92. The second-order valence-corrected chi connectivity index (χ2v) is 8.37. The van der Waals surface area contributed by atoms with Gasteiger partial charge in [-0.05, 0) is 37.1 Å². The summed E-state index contributed by atoms with van der Waals surface area (Å²) in [7, 11) is 0. The van der Waals surface area contributed by atoms with Crippen LogP contribution in [0.5, 0.6) is 0 Å². The molecule has 4 heterocycles. The van der Waals surface area contributed by atoms with E-state index in [0.29, 0.717) is 18.1 Å². The van der Waals surface area contributed by atoms with E-state index in [9.17, 15) is 9.18 Å². The molecule has 1 atom stereocenters. The zero-order chi connectivity index (χ0) is 23.5. The Kier molecular flexibility index (Phi) is 6.13. The smallest absolute Gasteiger partial charge is 0.226 e. The van der Waals surface area contributed by atoms with Gasteiger partial charge in [-0.3, -0.25) is 9.78 Å². The van der Waals surface area contributed by atoms with Crippen molar-refractivity contribution in [1.29, 1.82) is 0 Å². The molecule has 0 radical (unpaired) electrons. The highest BCUT2D eigenvalue weighted by molar-refractivity contribution is 5.98. The summed E-state index contributed by atoms with van der Waals surface area (Å²) in [6.07, 6.45) is 4.79. The van der Waals surface area contributed by atoms with Crippen molar-refractivity contribution in [3.8, 4) is 11.3 Å². The van der Waals surface area contributed by atoms with Gasteiger partial charge in [-0.1, -0.05) is 24.3 Å². The molecule has 1 fully saturated rings. The molecule has 3 aromatic heterocycles. The van der Waals surface area contributed by atoms with E-state index < -0.39 is 5.82 Å². The normalized spacial score (nSPS) is 16.0. The summed E-state index contributed by atoms with van der Waals surface area (Å²) < 4.78 is 14.9. The highest BCUT2D eigenvalue weighted by Gasteiger charge is 2.23. The molecular formula is C24H25FN8O. The molecule has 0 spiro atoms. The van der Waals surface area contributed by atoms with Gasteiger partial charge in [0.2, 0.25) is 5.91 Å². The molecule has 4 N–H and O–H groups in total. The summed E-state index contributed by atoms with van der Waals surface area (Å²) in [5.41, 5.74) is 10.1. The van der Waals surface area contributed by atoms with Gasteiger partial charge in [0.05, 0.1) is 24.0 Å². The maximum atomic E-state index is 13.0. The van der Waals surface area contributed by atoms with Crippen LogP contribution in [0.2, 0.25) is 0 Å². The van der Waals surface area contributed by atoms with Crippen molar-refractivity contribution >= 4 is 22.8 Å². The average molecular weight is 461 g/mol. The Morgan fingerprint density at radius 2 is 2.03 bits per heavy atom. The standard InChI is InChI=1S/C24H25FN8O/c25-17-7-8-18(28-12-17)10-20(34)29-11-15-3-5-16(6-4-15)22-21-23(26)30-14-31-24(21)33(32-22)19-2-1-9-27-13-19/h3-8,12,14,19,27H,1-2,9-11,13H2,(H,29,34)(H2,26,30,31)/t19-/m1/s1. The third-order valence-electron chi connectivity index (χ3n) is 5.98. The molecule has 0 saturated carbocycles. The van der Waals surface area contributed by atoms with E-state index >= 15 is 0 Å². The van der Waals surface area contributed by atoms with E-state index in [1.165, 1.54) is 18.5 Å². The molecule has 0 aliphatic carbocycles. The van der Waals surface area contributed by atoms with Crippen LogP contribution in [0.3, 0.4) is 0 Å². The van der Waals surface area contributed by atoms with Crippen molar-refractivity contribution in [2.24, 2.45) is 0 Å². The lowest BCUT2D eigenvalue weighted by Gasteiger charge is -2.23. The Morgan fingerprint density at radius 3 is 2.76 bits per heavy atom. The Labute approximate surface area is 195 Å². The molecule has 10 heteroatoms. The number of anilines is 1. The first-order valence-corrected chi connectivity index (χ1v) is 11.2. The number of benzene rings is 1. The maximum absolute atomic E-state index is 13.0. The molecule has 1 aromatic carbocycles. The summed E-state index contributed by atoms with van der Waals surface area (Å²) in [5, 5.41) is 11.9. The SMILES string of the molecule is Nc1ncnc2c1c(-c1ccc(CNC(=O)Cc3ccc(F)cn3)cc1)nn2[C@@H]1CCCNC1. The number of hydrogen-bond acceptors (Lipinski definition) is 7. The second kappa shape index (κ2) is 9.52. The fraction of sp³-hybridized carbons (Fsp3) is 0.292. The number of amides is 1. The lowest BCUT2D eigenvalue weighted by molar-refractivity contribution is -0.120. The fourth-order valence-electron chi connectivity index (χ4n) is 4.21. The summed E-state index contributed by atoms with van der Waals surface area (Å²) >= 11 is 0. The molecule has 1 saturated heterocycles. The largest absolute Gasteiger partial charge is 0.383 e. The van der Waals surface area contributed by atoms with Crippen LogP contribution >= 0.6 is 0 Å². The molecule has 1 amide bonds. The quantitative estimate of drug-likeness (QED) is 0.404. The van der Waals surface area contributed by atoms with Crippen molar-refractivity contribution in [2.75, 3.05) is 18.8 Å². The van der Waals surface area contributed by atoms with Crippen molar-refractivity contribution in [1.82, 2.24) is 35.4 Å². The van der Waals surface area contributed by atoms with Gasteiger partial charge in [-0.15, -0.1) is 0 Å². The third kappa shape index (κ3) is 4.58. The maximum Gasteiger partial charge on any atom is 0.226 e. The molecule has 34 heavy (non-hydrogen) atoms. The van der Waals surface area contributed by atoms with Crippen LogP contribution in [0, 0.1) is 5.82 Å². The number of pyridine rings is 1. The molecule has 5 rings (SSSR count). The first-order valence-electron chi connectivity index (χ1n) is 11.2. The van der Waals surface area contributed by atoms with Gasteiger partial charge in [0, 0.05) is 24.3 Å². The lowest BCUT2D eigenvalue weighted by Crippen LogP contribution is -2.32. The minimum atomic E-state index is -0.425. The van der Waals surface area contributed by atoms with Crippen molar-refractivity contribution in [2.45, 2.75) is 31.8 Å². The number of nitrogen functional groups attached to an aromatic ring is 1. The van der Waals surface area contributed by atoms with Crippen LogP contribution in [0.25, 0.3) is 22.3 Å². The molecule has 0 bridgehead atoms. The van der Waals surface area contributed by atoms with Crippen molar-refractivity contribution in [3.63, 3.8) is 0 Å². The van der Waals surface area contributed by atoms with E-state index in [4.69, 9.17) is 10.8 Å². The van der Waals surface area contributed by atoms with Crippen LogP contribution in [-0.4, -0.2) is 43.7 Å². The molecule has 1 aliphatic rings. The van der Waals surface area contributed by atoms with Crippen molar-refractivity contribution < 1.29 is 9.18 Å². The number of nitrogens with zero attached hydrogens (tertiary/aromatic N) is 5. The Balaban J connectivity index is 1.32. The fourth-order valence-corrected chi connectivity index (χ4v) is 4.21. The number of hydrogen-bond donors (Lipinski definition) is 3. The Morgan fingerprint density at radius 1 is 1.18 bits per heavy atom. The van der Waals surface area contributed by atoms with E-state index in [0.717, 1.165) is 60.0 Å². The van der Waals surface area contributed by atoms with E-state index in [-0.39, 0.29) is 18.4 Å². The summed E-state index contributed by atoms with van der Waals surface area (Å²) in [5.74, 6) is -0.203. The Bertz CT molecular complexity index is 1300. The van der Waals surface area contributed by atoms with Gasteiger partial charge < -0.3 is 16.4 Å². The van der Waals surface area contributed by atoms with E-state index in [2.05, 4.69) is 25.6 Å². The number of carbonyl (C=O) groups is 1. The molecule has 174 valence electrons. The third-order valence-corrected chi connectivity index (χ3v) is 5.98. The average Bonchev–Trinajstić information content (AvgIpc) is 3.26. The first-order chi connectivity index (χ1) is 16.6. The zero-order valence-corrected chi connectivity index (χ0v) is 18.5. The topological polar surface area (TPSA) is 124 Å². The molecular weight excluding hydrogens is 435 g/mol. The highest BCUT2D eigenvalue weighted by Crippen LogP contribution is 2.32. The van der Waals surface area contributed by atoms with Crippen LogP contribution in [-0.2, 0) is 17.8 Å². The molecule has 0 unspecified atom stereocenters. The van der Waals surface area contributed by atoms with Gasteiger partial charge in [0.15, 0.2) is 5.65 Å².